The Bertz CT molecular complexity index is 1680. The third-order valence-corrected chi connectivity index (χ3v) is 7.16. The Morgan fingerprint density at radius 1 is 0.892 bits per heavy atom. The van der Waals surface area contributed by atoms with Gasteiger partial charge in [0.05, 0.1) is 11.6 Å². The Balaban J connectivity index is 1.57. The Morgan fingerprint density at radius 3 is 2.22 bits per heavy atom. The maximum Gasteiger partial charge on any atom is 0.269 e. The summed E-state index contributed by atoms with van der Waals surface area (Å²) in [6, 6.07) is 21.9. The highest BCUT2D eigenvalue weighted by Gasteiger charge is 2.34. The predicted molar refractivity (Wildman–Crippen MR) is 144 cm³/mol. The van der Waals surface area contributed by atoms with E-state index in [1.54, 1.807) is 55.7 Å². The summed E-state index contributed by atoms with van der Waals surface area (Å²) in [5.74, 6) is 0.370. The molecule has 0 aliphatic heterocycles. The average Bonchev–Trinajstić information content (AvgIpc) is 3.36. The van der Waals surface area contributed by atoms with Crippen molar-refractivity contribution in [2.75, 3.05) is 7.11 Å². The second kappa shape index (κ2) is 10.2. The highest BCUT2D eigenvalue weighted by atomic mass is 32.1. The number of fused-ring (bicyclic) bond motifs is 1. The van der Waals surface area contributed by atoms with Crippen molar-refractivity contribution in [2.24, 2.45) is 0 Å². The van der Waals surface area contributed by atoms with E-state index in [9.17, 15) is 14.4 Å². The van der Waals surface area contributed by atoms with Crippen molar-refractivity contribution in [3.63, 3.8) is 0 Å². The molecule has 1 aliphatic carbocycles. The van der Waals surface area contributed by atoms with Gasteiger partial charge in [0, 0.05) is 17.7 Å². The molecule has 5 rings (SSSR count). The number of ether oxygens (including phenoxy) is 2. The molecule has 184 valence electrons. The highest BCUT2D eigenvalue weighted by Crippen LogP contribution is 2.29. The lowest BCUT2D eigenvalue weighted by Crippen LogP contribution is -2.32. The number of benzene rings is 3. The van der Waals surface area contributed by atoms with Crippen LogP contribution in [0.15, 0.2) is 90.2 Å². The molecule has 0 radical (unpaired) electrons. The van der Waals surface area contributed by atoms with Crippen LogP contribution in [0.5, 0.6) is 11.5 Å². The minimum absolute atomic E-state index is 0.0204. The fraction of sp³-hybridized carbons (Fsp3) is 0.100. The van der Waals surface area contributed by atoms with Crippen molar-refractivity contribution in [3.8, 4) is 11.5 Å². The first-order valence-electron chi connectivity index (χ1n) is 11.6. The van der Waals surface area contributed by atoms with Crippen LogP contribution in [0.2, 0.25) is 0 Å². The number of methoxy groups -OCH3 is 1. The standard InChI is InChI=1S/C30H23NO5S/c1-3-15-31-29(34)25(37-30(31)26-27(32)21-11-7-8-12-22(21)28(26)33)17-20-13-14-23(24(16-20)35-2)36-18-19-9-5-4-6-10-19/h3-14,16-17H,1,15,18H2,2H3/b25-17-. The molecule has 0 unspecified atom stereocenters. The zero-order chi connectivity index (χ0) is 25.9. The lowest BCUT2D eigenvalue weighted by atomic mass is 10.1. The van der Waals surface area contributed by atoms with Crippen molar-refractivity contribution in [2.45, 2.75) is 13.2 Å². The molecule has 4 aromatic rings. The van der Waals surface area contributed by atoms with Crippen molar-refractivity contribution < 1.29 is 19.1 Å². The molecule has 0 bridgehead atoms. The molecule has 0 saturated heterocycles. The number of ketones is 2. The van der Waals surface area contributed by atoms with Gasteiger partial charge in [-0.05, 0) is 29.3 Å². The molecule has 1 aromatic heterocycles. The van der Waals surface area contributed by atoms with Crippen LogP contribution >= 0.6 is 11.3 Å². The lowest BCUT2D eigenvalue weighted by Gasteiger charge is -2.11. The van der Waals surface area contributed by atoms with Gasteiger partial charge in [-0.15, -0.1) is 17.9 Å². The minimum atomic E-state index is -0.368. The van der Waals surface area contributed by atoms with Crippen molar-refractivity contribution in [1.29, 1.82) is 0 Å². The Kier molecular flexibility index (Phi) is 6.70. The van der Waals surface area contributed by atoms with Crippen molar-refractivity contribution >= 4 is 34.6 Å². The summed E-state index contributed by atoms with van der Waals surface area (Å²) < 4.78 is 13.6. The fourth-order valence-electron chi connectivity index (χ4n) is 4.23. The SMILES string of the molecule is C=CCn1c(=C2C(=O)c3ccccc3C2=O)s/c(=C\c2ccc(OCc3ccccc3)c(OC)c2)c1=O. The smallest absolute Gasteiger partial charge is 0.269 e. The van der Waals surface area contributed by atoms with Crippen LogP contribution in [0.1, 0.15) is 31.8 Å². The van der Waals surface area contributed by atoms with E-state index in [2.05, 4.69) is 6.58 Å². The van der Waals surface area contributed by atoms with Crippen molar-refractivity contribution in [3.05, 3.63) is 127 Å². The maximum absolute atomic E-state index is 13.3. The van der Waals surface area contributed by atoms with Gasteiger partial charge in [-0.3, -0.25) is 19.0 Å². The van der Waals surface area contributed by atoms with Crippen LogP contribution in [-0.4, -0.2) is 23.2 Å². The number of allylic oxidation sites excluding steroid dienone is 1. The van der Waals surface area contributed by atoms with E-state index in [-0.39, 0.29) is 29.2 Å². The summed E-state index contributed by atoms with van der Waals surface area (Å²) in [5.41, 5.74) is 2.19. The van der Waals surface area contributed by atoms with E-state index in [1.807, 2.05) is 36.4 Å². The molecule has 0 saturated carbocycles. The van der Waals surface area contributed by atoms with Crippen molar-refractivity contribution in [1.82, 2.24) is 4.57 Å². The fourth-order valence-corrected chi connectivity index (χ4v) is 5.38. The number of Topliss-reactive ketones (excluding diaryl/α,β-unsaturated/α-hetero) is 2. The average molecular weight is 510 g/mol. The third kappa shape index (κ3) is 4.57. The largest absolute Gasteiger partial charge is 0.493 e. The molecular formula is C30H23NO5S. The summed E-state index contributed by atoms with van der Waals surface area (Å²) in [5, 5.41) is 0. The second-order valence-corrected chi connectivity index (χ2v) is 9.41. The molecule has 0 amide bonds. The van der Waals surface area contributed by atoms with Gasteiger partial charge in [-0.2, -0.15) is 0 Å². The number of nitrogens with zero attached hydrogens (tertiary/aromatic N) is 1. The molecule has 0 spiro atoms. The van der Waals surface area contributed by atoms with Gasteiger partial charge in [0.2, 0.25) is 11.6 Å². The molecule has 0 fully saturated rings. The van der Waals surface area contributed by atoms with Gasteiger partial charge in [-0.1, -0.05) is 66.7 Å². The Morgan fingerprint density at radius 2 is 1.57 bits per heavy atom. The van der Waals surface area contributed by atoms with Gasteiger partial charge in [0.15, 0.2) is 11.5 Å². The number of carbonyl (C=O) groups excluding carboxylic acids is 2. The second-order valence-electron chi connectivity index (χ2n) is 8.38. The molecule has 3 aromatic carbocycles. The number of aromatic nitrogens is 1. The van der Waals surface area contributed by atoms with Crippen LogP contribution in [-0.2, 0) is 13.2 Å². The summed E-state index contributed by atoms with van der Waals surface area (Å²) in [7, 11) is 1.56. The summed E-state index contributed by atoms with van der Waals surface area (Å²) in [6.07, 6.45) is 3.29. The van der Waals surface area contributed by atoms with E-state index >= 15 is 0 Å². The first kappa shape index (κ1) is 24.2. The first-order chi connectivity index (χ1) is 18.0. The molecule has 1 aliphatic rings. The van der Waals surface area contributed by atoms with Gasteiger partial charge in [0.25, 0.3) is 5.56 Å². The van der Waals surface area contributed by atoms with Gasteiger partial charge in [0.1, 0.15) is 16.8 Å². The number of rotatable bonds is 7. The topological polar surface area (TPSA) is 74.6 Å². The van der Waals surface area contributed by atoms with E-state index in [0.29, 0.717) is 38.4 Å². The summed E-state index contributed by atoms with van der Waals surface area (Å²) in [4.78, 5) is 39.5. The molecule has 0 atom stereocenters. The number of carbonyl (C=O) groups is 2. The van der Waals surface area contributed by atoms with Crippen LogP contribution in [0.25, 0.3) is 11.6 Å². The normalized spacial score (nSPS) is 13.1. The number of thiazole rings is 1. The minimum Gasteiger partial charge on any atom is -0.493 e. The summed E-state index contributed by atoms with van der Waals surface area (Å²) >= 11 is 1.12. The zero-order valence-electron chi connectivity index (χ0n) is 20.1. The van der Waals surface area contributed by atoms with Gasteiger partial charge >= 0.3 is 0 Å². The molecule has 0 N–H and O–H groups in total. The Labute approximate surface area is 217 Å². The maximum atomic E-state index is 13.3. The quantitative estimate of drug-likeness (QED) is 0.355. The van der Waals surface area contributed by atoms with Gasteiger partial charge in [-0.25, -0.2) is 0 Å². The molecule has 1 heterocycles. The van der Waals surface area contributed by atoms with E-state index < -0.39 is 0 Å². The van der Waals surface area contributed by atoms with E-state index in [4.69, 9.17) is 9.47 Å². The lowest BCUT2D eigenvalue weighted by molar-refractivity contribution is 0.102. The molecule has 6 nitrogen and oxygen atoms in total. The molecular weight excluding hydrogens is 486 g/mol. The van der Waals surface area contributed by atoms with E-state index in [1.165, 1.54) is 4.57 Å². The van der Waals surface area contributed by atoms with Crippen LogP contribution in [0.4, 0.5) is 0 Å². The zero-order valence-corrected chi connectivity index (χ0v) is 20.9. The highest BCUT2D eigenvalue weighted by molar-refractivity contribution is 7.08. The van der Waals surface area contributed by atoms with Gasteiger partial charge < -0.3 is 9.47 Å². The Hall–Kier alpha value is -4.49. The monoisotopic (exact) mass is 509 g/mol. The molecule has 37 heavy (non-hydrogen) atoms. The first-order valence-corrected chi connectivity index (χ1v) is 12.4. The van der Waals surface area contributed by atoms with Crippen LogP contribution < -0.4 is 24.2 Å². The molecule has 7 heteroatoms. The van der Waals surface area contributed by atoms with Crippen LogP contribution in [0.3, 0.4) is 0 Å². The predicted octanol–water partition coefficient (Wildman–Crippen LogP) is 3.74. The summed E-state index contributed by atoms with van der Waals surface area (Å²) in [6.45, 7) is 4.30. The number of hydrogen-bond donors (Lipinski definition) is 0. The number of hydrogen-bond acceptors (Lipinski definition) is 6. The van der Waals surface area contributed by atoms with E-state index in [0.717, 1.165) is 22.5 Å². The third-order valence-electron chi connectivity index (χ3n) is 6.03. The van der Waals surface area contributed by atoms with Crippen LogP contribution in [0, 0.1) is 0 Å².